The van der Waals surface area contributed by atoms with Gasteiger partial charge in [-0.3, -0.25) is 4.79 Å². The van der Waals surface area contributed by atoms with Gasteiger partial charge in [0.25, 0.3) is 5.56 Å². The molecule has 100 valence electrons. The van der Waals surface area contributed by atoms with Crippen LogP contribution in [0, 0.1) is 6.92 Å². The zero-order chi connectivity index (χ0) is 14.1. The van der Waals surface area contributed by atoms with Crippen molar-refractivity contribution in [2.24, 2.45) is 0 Å². The summed E-state index contributed by atoms with van der Waals surface area (Å²) in [4.78, 5) is 16.8. The number of fused-ring (bicyclic) bond motifs is 1. The molecule has 1 heterocycles. The molecule has 0 unspecified atom stereocenters. The van der Waals surface area contributed by atoms with Crippen LogP contribution in [0.2, 0.25) is 5.02 Å². The van der Waals surface area contributed by atoms with Crippen molar-refractivity contribution in [1.29, 1.82) is 0 Å². The third-order valence-electron chi connectivity index (χ3n) is 3.14. The fourth-order valence-corrected chi connectivity index (χ4v) is 3.32. The van der Waals surface area contributed by atoms with E-state index >= 15 is 0 Å². The zero-order valence-electron chi connectivity index (χ0n) is 10.8. The van der Waals surface area contributed by atoms with E-state index < -0.39 is 0 Å². The van der Waals surface area contributed by atoms with E-state index in [1.54, 1.807) is 18.0 Å². The van der Waals surface area contributed by atoms with Crippen LogP contribution in [-0.2, 0) is 0 Å². The van der Waals surface area contributed by atoms with E-state index in [1.165, 1.54) is 0 Å². The van der Waals surface area contributed by atoms with Crippen molar-refractivity contribution in [1.82, 2.24) is 4.98 Å². The molecular weight excluding hydrogens is 290 g/mol. The van der Waals surface area contributed by atoms with E-state index in [9.17, 15) is 4.79 Å². The number of halogens is 1. The Morgan fingerprint density at radius 1 is 1.10 bits per heavy atom. The van der Waals surface area contributed by atoms with E-state index in [-0.39, 0.29) is 5.56 Å². The predicted octanol–water partition coefficient (Wildman–Crippen LogP) is 4.64. The summed E-state index contributed by atoms with van der Waals surface area (Å²) < 4.78 is 0. The molecule has 2 nitrogen and oxygen atoms in total. The van der Waals surface area contributed by atoms with Gasteiger partial charge in [-0.1, -0.05) is 35.5 Å². The van der Waals surface area contributed by atoms with Crippen molar-refractivity contribution in [2.45, 2.75) is 16.7 Å². The van der Waals surface area contributed by atoms with Crippen LogP contribution in [0.4, 0.5) is 0 Å². The molecule has 0 aliphatic carbocycles. The first kappa shape index (κ1) is 13.3. The normalized spacial score (nSPS) is 10.9. The van der Waals surface area contributed by atoms with Gasteiger partial charge in [-0.05, 0) is 42.8 Å². The third-order valence-corrected chi connectivity index (χ3v) is 4.44. The Hall–Kier alpha value is -1.71. The maximum atomic E-state index is 11.9. The summed E-state index contributed by atoms with van der Waals surface area (Å²) in [6.07, 6.45) is 1.77. The van der Waals surface area contributed by atoms with E-state index in [2.05, 4.69) is 4.98 Å². The molecule has 2 aromatic carbocycles. The number of rotatable bonds is 2. The summed E-state index contributed by atoms with van der Waals surface area (Å²) in [6.45, 7) is 2.02. The van der Waals surface area contributed by atoms with Crippen molar-refractivity contribution >= 4 is 34.1 Å². The Morgan fingerprint density at radius 3 is 2.60 bits per heavy atom. The maximum Gasteiger partial charge on any atom is 0.255 e. The van der Waals surface area contributed by atoms with Crippen LogP contribution >= 0.6 is 23.4 Å². The first-order valence-electron chi connectivity index (χ1n) is 6.19. The number of aryl methyl sites for hydroxylation is 1. The second-order valence-electron chi connectivity index (χ2n) is 4.54. The van der Waals surface area contributed by atoms with Gasteiger partial charge in [-0.2, -0.15) is 0 Å². The van der Waals surface area contributed by atoms with E-state index in [4.69, 9.17) is 11.6 Å². The van der Waals surface area contributed by atoms with Gasteiger partial charge in [0.1, 0.15) is 0 Å². The molecule has 0 atom stereocenters. The highest BCUT2D eigenvalue weighted by Gasteiger charge is 2.08. The molecule has 1 N–H and O–H groups in total. The van der Waals surface area contributed by atoms with Gasteiger partial charge in [0, 0.05) is 31.8 Å². The zero-order valence-corrected chi connectivity index (χ0v) is 12.4. The number of hydrogen-bond acceptors (Lipinski definition) is 2. The van der Waals surface area contributed by atoms with Gasteiger partial charge in [0.05, 0.1) is 0 Å². The van der Waals surface area contributed by atoms with Crippen LogP contribution in [0.1, 0.15) is 5.56 Å². The largest absolute Gasteiger partial charge is 0.327 e. The van der Waals surface area contributed by atoms with Crippen molar-refractivity contribution < 1.29 is 0 Å². The third kappa shape index (κ3) is 2.47. The Morgan fingerprint density at radius 2 is 1.85 bits per heavy atom. The lowest BCUT2D eigenvalue weighted by atomic mass is 10.1. The number of pyridine rings is 1. The molecule has 0 saturated carbocycles. The lowest BCUT2D eigenvalue weighted by Crippen LogP contribution is -2.06. The average Bonchev–Trinajstić information content (AvgIpc) is 2.45. The van der Waals surface area contributed by atoms with Crippen LogP contribution in [-0.4, -0.2) is 4.98 Å². The van der Waals surface area contributed by atoms with E-state index in [1.807, 2.05) is 49.4 Å². The number of benzene rings is 2. The highest BCUT2D eigenvalue weighted by atomic mass is 35.5. The minimum atomic E-state index is -0.0517. The van der Waals surface area contributed by atoms with Crippen molar-refractivity contribution in [3.05, 3.63) is 69.6 Å². The molecule has 0 spiro atoms. The smallest absolute Gasteiger partial charge is 0.255 e. The maximum absolute atomic E-state index is 11.9. The molecule has 3 rings (SSSR count). The number of H-pyrrole nitrogens is 1. The SMILES string of the molecule is Cc1cccc2c(=O)[nH]cc(Sc3ccc(Cl)cc3)c12. The molecule has 0 bridgehead atoms. The highest BCUT2D eigenvalue weighted by molar-refractivity contribution is 7.99. The van der Waals surface area contributed by atoms with E-state index in [0.717, 1.165) is 31.1 Å². The topological polar surface area (TPSA) is 32.9 Å². The molecular formula is C16H12ClNOS. The predicted molar refractivity (Wildman–Crippen MR) is 84.9 cm³/mol. The van der Waals surface area contributed by atoms with Crippen LogP contribution in [0.25, 0.3) is 10.8 Å². The quantitative estimate of drug-likeness (QED) is 0.748. The monoisotopic (exact) mass is 301 g/mol. The Balaban J connectivity index is 2.14. The van der Waals surface area contributed by atoms with Crippen molar-refractivity contribution in [3.8, 4) is 0 Å². The molecule has 20 heavy (non-hydrogen) atoms. The summed E-state index contributed by atoms with van der Waals surface area (Å²) in [5.74, 6) is 0. The van der Waals surface area contributed by atoms with Crippen molar-refractivity contribution in [2.75, 3.05) is 0 Å². The van der Waals surface area contributed by atoms with E-state index in [0.29, 0.717) is 0 Å². The summed E-state index contributed by atoms with van der Waals surface area (Å²) in [5, 5.41) is 2.46. The molecule has 1 aromatic heterocycles. The summed E-state index contributed by atoms with van der Waals surface area (Å²) >= 11 is 7.52. The van der Waals surface area contributed by atoms with Crippen molar-refractivity contribution in [3.63, 3.8) is 0 Å². The Bertz CT molecular complexity index is 824. The summed E-state index contributed by atoms with van der Waals surface area (Å²) in [7, 11) is 0. The van der Waals surface area contributed by atoms with Gasteiger partial charge < -0.3 is 4.98 Å². The molecule has 0 amide bonds. The molecule has 0 radical (unpaired) electrons. The number of nitrogens with one attached hydrogen (secondary N) is 1. The lowest BCUT2D eigenvalue weighted by molar-refractivity contribution is 1.21. The number of aromatic amines is 1. The Kier molecular flexibility index (Phi) is 3.55. The minimum absolute atomic E-state index is 0.0517. The number of hydrogen-bond donors (Lipinski definition) is 1. The first-order chi connectivity index (χ1) is 9.65. The minimum Gasteiger partial charge on any atom is -0.327 e. The summed E-state index contributed by atoms with van der Waals surface area (Å²) in [5.41, 5.74) is 1.05. The standard InChI is InChI=1S/C16H12ClNOS/c1-10-3-2-4-13-15(10)14(9-18-16(13)19)20-12-7-5-11(17)6-8-12/h2-9H,1H3,(H,18,19). The van der Waals surface area contributed by atoms with Gasteiger partial charge in [-0.25, -0.2) is 0 Å². The van der Waals surface area contributed by atoms with Crippen LogP contribution in [0.3, 0.4) is 0 Å². The van der Waals surface area contributed by atoms with Gasteiger partial charge >= 0.3 is 0 Å². The second kappa shape index (κ2) is 5.35. The highest BCUT2D eigenvalue weighted by Crippen LogP contribution is 2.33. The molecule has 0 aliphatic heterocycles. The average molecular weight is 302 g/mol. The molecule has 0 fully saturated rings. The lowest BCUT2D eigenvalue weighted by Gasteiger charge is -2.08. The molecule has 0 saturated heterocycles. The molecule has 4 heteroatoms. The Labute approximate surface area is 125 Å². The second-order valence-corrected chi connectivity index (χ2v) is 6.09. The first-order valence-corrected chi connectivity index (χ1v) is 7.39. The van der Waals surface area contributed by atoms with Gasteiger partial charge in [0.2, 0.25) is 0 Å². The van der Waals surface area contributed by atoms with Crippen LogP contribution < -0.4 is 5.56 Å². The van der Waals surface area contributed by atoms with Gasteiger partial charge in [-0.15, -0.1) is 0 Å². The van der Waals surface area contributed by atoms with Crippen LogP contribution in [0.15, 0.2) is 63.2 Å². The summed E-state index contributed by atoms with van der Waals surface area (Å²) in [6, 6.07) is 13.5. The van der Waals surface area contributed by atoms with Crippen LogP contribution in [0.5, 0.6) is 0 Å². The number of aromatic nitrogens is 1. The van der Waals surface area contributed by atoms with Gasteiger partial charge in [0.15, 0.2) is 0 Å². The molecule has 0 aliphatic rings. The fourth-order valence-electron chi connectivity index (χ4n) is 2.18. The fraction of sp³-hybridized carbons (Fsp3) is 0.0625. The molecule has 3 aromatic rings.